The molecule has 2 aliphatic rings. The summed E-state index contributed by atoms with van der Waals surface area (Å²) in [6.45, 7) is 2.25. The van der Waals surface area contributed by atoms with Gasteiger partial charge >= 0.3 is 0 Å². The third-order valence-electron chi connectivity index (χ3n) is 5.14. The fourth-order valence-electron chi connectivity index (χ4n) is 3.72. The molecule has 0 atom stereocenters. The highest BCUT2D eigenvalue weighted by molar-refractivity contribution is 9.10. The van der Waals surface area contributed by atoms with Crippen LogP contribution in [0.1, 0.15) is 50.2 Å². The number of rotatable bonds is 7. The van der Waals surface area contributed by atoms with E-state index in [1.807, 2.05) is 18.3 Å². The van der Waals surface area contributed by atoms with Crippen molar-refractivity contribution >= 4 is 55.2 Å². The van der Waals surface area contributed by atoms with Gasteiger partial charge in [0.25, 0.3) is 0 Å². The molecule has 0 aromatic heterocycles. The fraction of sp³-hybridized carbons (Fsp3) is 0.250. The van der Waals surface area contributed by atoms with Crippen LogP contribution in [0.2, 0.25) is 0 Å². The molecule has 2 aliphatic heterocycles. The Balaban J connectivity index is 1.80. The van der Waals surface area contributed by atoms with E-state index in [-0.39, 0.29) is 0 Å². The van der Waals surface area contributed by atoms with Crippen molar-refractivity contribution in [3.05, 3.63) is 79.7 Å². The minimum absolute atomic E-state index is 0.990. The predicted octanol–water partition coefficient (Wildman–Crippen LogP) is 7.84. The third-order valence-corrected chi connectivity index (χ3v) is 6.53. The first-order valence-electron chi connectivity index (χ1n) is 9.81. The average Bonchev–Trinajstić information content (AvgIpc) is 3.27. The quantitative estimate of drug-likeness (QED) is 0.348. The number of aliphatic imine (C=N–C) groups is 2. The maximum Gasteiger partial charge on any atom is 0.0812 e. The molecule has 4 heteroatoms. The summed E-state index contributed by atoms with van der Waals surface area (Å²) in [4.78, 5) is 9.93. The fourth-order valence-corrected chi connectivity index (χ4v) is 4.67. The van der Waals surface area contributed by atoms with E-state index in [0.717, 1.165) is 49.9 Å². The second-order valence-electron chi connectivity index (χ2n) is 7.07. The summed E-state index contributed by atoms with van der Waals surface area (Å²) >= 11 is 7.39. The average molecular weight is 498 g/mol. The molecule has 0 bridgehead atoms. The zero-order chi connectivity index (χ0) is 19.5. The van der Waals surface area contributed by atoms with Gasteiger partial charge in [0.05, 0.1) is 17.1 Å². The van der Waals surface area contributed by atoms with E-state index in [0.29, 0.717) is 0 Å². The molecular formula is C24H22Br2N2. The number of fused-ring (bicyclic) bond motifs is 1. The maximum atomic E-state index is 5.11. The monoisotopic (exact) mass is 496 g/mol. The smallest absolute Gasteiger partial charge is 0.0812 e. The molecular weight excluding hydrogens is 476 g/mol. The lowest BCUT2D eigenvalue weighted by atomic mass is 9.95. The van der Waals surface area contributed by atoms with Crippen molar-refractivity contribution in [2.45, 2.75) is 39.0 Å². The summed E-state index contributed by atoms with van der Waals surface area (Å²) in [5.74, 6) is 0. The lowest BCUT2D eigenvalue weighted by Gasteiger charge is -2.08. The van der Waals surface area contributed by atoms with Gasteiger partial charge in [0.1, 0.15) is 0 Å². The molecule has 0 spiro atoms. The Morgan fingerprint density at radius 3 is 2.07 bits per heavy atom. The zero-order valence-electron chi connectivity index (χ0n) is 15.9. The molecule has 0 N–H and O–H groups in total. The Morgan fingerprint density at radius 1 is 0.786 bits per heavy atom. The van der Waals surface area contributed by atoms with Crippen molar-refractivity contribution in [3.63, 3.8) is 0 Å². The SMILES string of the molecule is CCCCCCC1=NC(c2ccccc2Br)=C2C=NC(c3ccccc3Br)=C12. The lowest BCUT2D eigenvalue weighted by Crippen LogP contribution is -2.02. The van der Waals surface area contributed by atoms with E-state index < -0.39 is 0 Å². The van der Waals surface area contributed by atoms with Crippen molar-refractivity contribution < 1.29 is 0 Å². The van der Waals surface area contributed by atoms with Crippen LogP contribution >= 0.6 is 31.9 Å². The van der Waals surface area contributed by atoms with Crippen molar-refractivity contribution in [3.8, 4) is 0 Å². The van der Waals surface area contributed by atoms with Gasteiger partial charge < -0.3 is 0 Å². The molecule has 28 heavy (non-hydrogen) atoms. The number of hydrogen-bond acceptors (Lipinski definition) is 2. The molecule has 0 unspecified atom stereocenters. The molecule has 0 amide bonds. The Hall–Kier alpha value is -1.78. The number of benzene rings is 2. The highest BCUT2D eigenvalue weighted by atomic mass is 79.9. The largest absolute Gasteiger partial charge is 0.255 e. The van der Waals surface area contributed by atoms with Gasteiger partial charge in [0, 0.05) is 37.4 Å². The number of nitrogens with zero attached hydrogens (tertiary/aromatic N) is 2. The van der Waals surface area contributed by atoms with Crippen molar-refractivity contribution in [2.24, 2.45) is 9.98 Å². The summed E-state index contributed by atoms with van der Waals surface area (Å²) in [5, 5.41) is 0. The normalized spacial score (nSPS) is 15.5. The number of allylic oxidation sites excluding steroid dienone is 2. The van der Waals surface area contributed by atoms with E-state index in [1.54, 1.807) is 0 Å². The molecule has 0 aliphatic carbocycles. The minimum Gasteiger partial charge on any atom is -0.255 e. The second kappa shape index (κ2) is 8.71. The van der Waals surface area contributed by atoms with Crippen molar-refractivity contribution in [1.29, 1.82) is 0 Å². The Kier molecular flexibility index (Phi) is 6.07. The Labute approximate surface area is 183 Å². The molecule has 2 heterocycles. The summed E-state index contributed by atoms with van der Waals surface area (Å²) in [7, 11) is 0. The predicted molar refractivity (Wildman–Crippen MR) is 127 cm³/mol. The van der Waals surface area contributed by atoms with Gasteiger partial charge in [-0.15, -0.1) is 0 Å². The van der Waals surface area contributed by atoms with Gasteiger partial charge in [-0.05, 0) is 25.0 Å². The lowest BCUT2D eigenvalue weighted by molar-refractivity contribution is 0.683. The first-order valence-corrected chi connectivity index (χ1v) is 11.4. The van der Waals surface area contributed by atoms with E-state index >= 15 is 0 Å². The summed E-state index contributed by atoms with van der Waals surface area (Å²) in [6, 6.07) is 16.6. The molecule has 0 saturated heterocycles. The van der Waals surface area contributed by atoms with E-state index in [4.69, 9.17) is 9.98 Å². The van der Waals surface area contributed by atoms with Crippen LogP contribution in [0.5, 0.6) is 0 Å². The van der Waals surface area contributed by atoms with E-state index in [9.17, 15) is 0 Å². The van der Waals surface area contributed by atoms with Crippen LogP contribution in [0.25, 0.3) is 11.4 Å². The molecule has 0 fully saturated rings. The Bertz CT molecular complexity index is 985. The first kappa shape index (κ1) is 19.5. The second-order valence-corrected chi connectivity index (χ2v) is 8.78. The summed E-state index contributed by atoms with van der Waals surface area (Å²) < 4.78 is 2.13. The zero-order valence-corrected chi connectivity index (χ0v) is 19.1. The van der Waals surface area contributed by atoms with Crippen LogP contribution in [0.3, 0.4) is 0 Å². The number of halogens is 2. The van der Waals surface area contributed by atoms with Gasteiger partial charge in [-0.25, -0.2) is 0 Å². The Morgan fingerprint density at radius 2 is 1.43 bits per heavy atom. The molecule has 142 valence electrons. The maximum absolute atomic E-state index is 5.11. The van der Waals surface area contributed by atoms with Crippen LogP contribution in [-0.4, -0.2) is 11.9 Å². The summed E-state index contributed by atoms with van der Waals surface area (Å²) in [6.07, 6.45) is 7.90. The highest BCUT2D eigenvalue weighted by Gasteiger charge is 2.31. The molecule has 4 rings (SSSR count). The van der Waals surface area contributed by atoms with Crippen LogP contribution in [-0.2, 0) is 0 Å². The van der Waals surface area contributed by atoms with Gasteiger partial charge in [-0.3, -0.25) is 9.98 Å². The summed E-state index contributed by atoms with van der Waals surface area (Å²) in [5.41, 5.74) is 7.81. The van der Waals surface area contributed by atoms with Gasteiger partial charge in [0.2, 0.25) is 0 Å². The molecule has 0 radical (unpaired) electrons. The van der Waals surface area contributed by atoms with Crippen LogP contribution in [0.15, 0.2) is 78.6 Å². The first-order chi connectivity index (χ1) is 13.7. The standard InChI is InChI=1S/C24H22Br2N2/c1-2-3-4-5-14-21-22-18(23(28-21)16-10-6-8-12-19(16)25)15-27-24(22)17-11-7-9-13-20(17)26/h6-13,15H,2-5,14H2,1H3. The van der Waals surface area contributed by atoms with Crippen molar-refractivity contribution in [2.75, 3.05) is 0 Å². The van der Waals surface area contributed by atoms with Crippen LogP contribution < -0.4 is 0 Å². The van der Waals surface area contributed by atoms with Crippen LogP contribution in [0.4, 0.5) is 0 Å². The minimum atomic E-state index is 0.990. The molecule has 2 aromatic rings. The van der Waals surface area contributed by atoms with Gasteiger partial charge in [-0.1, -0.05) is 94.4 Å². The van der Waals surface area contributed by atoms with Gasteiger partial charge in [-0.2, -0.15) is 0 Å². The van der Waals surface area contributed by atoms with Crippen molar-refractivity contribution in [1.82, 2.24) is 0 Å². The molecule has 2 nitrogen and oxygen atoms in total. The molecule has 2 aromatic carbocycles. The topological polar surface area (TPSA) is 24.7 Å². The number of hydrogen-bond donors (Lipinski definition) is 0. The van der Waals surface area contributed by atoms with E-state index in [2.05, 4.69) is 75.2 Å². The highest BCUT2D eigenvalue weighted by Crippen LogP contribution is 2.43. The van der Waals surface area contributed by atoms with Gasteiger partial charge in [0.15, 0.2) is 0 Å². The van der Waals surface area contributed by atoms with E-state index in [1.165, 1.54) is 30.5 Å². The van der Waals surface area contributed by atoms with Crippen LogP contribution in [0, 0.1) is 0 Å². The molecule has 0 saturated carbocycles. The third kappa shape index (κ3) is 3.72. The number of unbranched alkanes of at least 4 members (excludes halogenated alkanes) is 3.